The first-order valence-corrected chi connectivity index (χ1v) is 6.50. The largest absolute Gasteiger partial charge is 0.379 e. The molecular formula is C14H22N2O. The third kappa shape index (κ3) is 4.46. The monoisotopic (exact) mass is 234 g/mol. The van der Waals surface area contributed by atoms with Crippen molar-refractivity contribution in [3.63, 3.8) is 0 Å². The molecule has 1 aromatic rings. The van der Waals surface area contributed by atoms with Crippen LogP contribution >= 0.6 is 0 Å². The predicted molar refractivity (Wildman–Crippen MR) is 69.5 cm³/mol. The van der Waals surface area contributed by atoms with E-state index in [1.807, 2.05) is 18.2 Å². The number of nitrogens with one attached hydrogen (secondary N) is 2. The van der Waals surface area contributed by atoms with Crippen molar-refractivity contribution in [1.82, 2.24) is 10.6 Å². The van der Waals surface area contributed by atoms with E-state index in [1.165, 1.54) is 18.4 Å². The van der Waals surface area contributed by atoms with Crippen LogP contribution in [0, 0.1) is 5.92 Å². The quantitative estimate of drug-likeness (QED) is 0.676. The van der Waals surface area contributed by atoms with Crippen molar-refractivity contribution < 1.29 is 5.11 Å². The van der Waals surface area contributed by atoms with Crippen LogP contribution in [-0.2, 0) is 6.54 Å². The molecule has 17 heavy (non-hydrogen) atoms. The maximum absolute atomic E-state index is 9.93. The summed E-state index contributed by atoms with van der Waals surface area (Å²) < 4.78 is 0. The van der Waals surface area contributed by atoms with Crippen LogP contribution in [0.1, 0.15) is 24.8 Å². The molecule has 1 atom stereocenters. The smallest absolute Gasteiger partial charge is 0.105 e. The average molecular weight is 234 g/mol. The first-order valence-electron chi connectivity index (χ1n) is 6.50. The molecule has 1 heterocycles. The van der Waals surface area contributed by atoms with Crippen molar-refractivity contribution in [2.24, 2.45) is 5.92 Å². The highest BCUT2D eigenvalue weighted by molar-refractivity contribution is 5.14. The highest BCUT2D eigenvalue weighted by Crippen LogP contribution is 2.17. The van der Waals surface area contributed by atoms with Crippen LogP contribution in [0.15, 0.2) is 30.3 Å². The van der Waals surface area contributed by atoms with E-state index in [0.717, 1.165) is 26.1 Å². The molecular weight excluding hydrogens is 212 g/mol. The van der Waals surface area contributed by atoms with E-state index < -0.39 is 0 Å². The fourth-order valence-corrected chi connectivity index (χ4v) is 2.35. The van der Waals surface area contributed by atoms with Crippen molar-refractivity contribution in [1.29, 1.82) is 0 Å². The van der Waals surface area contributed by atoms with Crippen LogP contribution < -0.4 is 10.6 Å². The fraction of sp³-hybridized carbons (Fsp3) is 0.571. The Balaban J connectivity index is 1.68. The molecule has 1 unspecified atom stereocenters. The minimum absolute atomic E-state index is 0.377. The second kappa shape index (κ2) is 6.74. The molecule has 1 saturated heterocycles. The maximum Gasteiger partial charge on any atom is 0.105 e. The number of rotatable bonds is 5. The molecule has 2 rings (SSSR count). The van der Waals surface area contributed by atoms with E-state index in [4.69, 9.17) is 0 Å². The molecule has 3 N–H and O–H groups in total. The molecule has 3 heteroatoms. The molecule has 1 aliphatic rings. The molecule has 1 aromatic carbocycles. The van der Waals surface area contributed by atoms with E-state index in [0.29, 0.717) is 5.92 Å². The topological polar surface area (TPSA) is 44.3 Å². The summed E-state index contributed by atoms with van der Waals surface area (Å²) >= 11 is 0. The number of hydrogen-bond donors (Lipinski definition) is 3. The van der Waals surface area contributed by atoms with Gasteiger partial charge in [0, 0.05) is 6.54 Å². The summed E-state index contributed by atoms with van der Waals surface area (Å²) in [6.45, 7) is 2.93. The molecule has 94 valence electrons. The minimum Gasteiger partial charge on any atom is -0.379 e. The second-order valence-corrected chi connectivity index (χ2v) is 4.81. The highest BCUT2D eigenvalue weighted by Gasteiger charge is 2.16. The van der Waals surface area contributed by atoms with Gasteiger partial charge >= 0.3 is 0 Å². The van der Waals surface area contributed by atoms with Gasteiger partial charge in [0.1, 0.15) is 6.23 Å². The molecule has 0 aliphatic carbocycles. The lowest BCUT2D eigenvalue weighted by molar-refractivity contribution is 0.0986. The molecule has 0 saturated carbocycles. The van der Waals surface area contributed by atoms with Gasteiger partial charge in [-0.25, -0.2) is 0 Å². The predicted octanol–water partition coefficient (Wildman–Crippen LogP) is 1.48. The Labute approximate surface area is 103 Å². The molecule has 0 spiro atoms. The lowest BCUT2D eigenvalue weighted by Crippen LogP contribution is -2.34. The van der Waals surface area contributed by atoms with Gasteiger partial charge in [0.2, 0.25) is 0 Å². The van der Waals surface area contributed by atoms with Crippen LogP contribution in [0.5, 0.6) is 0 Å². The number of benzene rings is 1. The van der Waals surface area contributed by atoms with Gasteiger partial charge in [-0.05, 0) is 43.8 Å². The summed E-state index contributed by atoms with van der Waals surface area (Å²) in [5.41, 5.74) is 1.22. The summed E-state index contributed by atoms with van der Waals surface area (Å²) in [4.78, 5) is 0. The van der Waals surface area contributed by atoms with Crippen molar-refractivity contribution in [3.8, 4) is 0 Å². The molecule has 1 aliphatic heterocycles. The third-order valence-electron chi connectivity index (χ3n) is 3.40. The van der Waals surface area contributed by atoms with E-state index in [2.05, 4.69) is 22.8 Å². The van der Waals surface area contributed by atoms with E-state index in [9.17, 15) is 5.11 Å². The van der Waals surface area contributed by atoms with E-state index >= 15 is 0 Å². The van der Waals surface area contributed by atoms with Crippen LogP contribution in [0.4, 0.5) is 0 Å². The van der Waals surface area contributed by atoms with Crippen molar-refractivity contribution in [2.75, 3.05) is 13.1 Å². The van der Waals surface area contributed by atoms with Gasteiger partial charge in [-0.1, -0.05) is 30.3 Å². The summed E-state index contributed by atoms with van der Waals surface area (Å²) in [6, 6.07) is 10.2. The van der Waals surface area contributed by atoms with Gasteiger partial charge in [0.05, 0.1) is 0 Å². The number of hydrogen-bond acceptors (Lipinski definition) is 3. The number of aliphatic hydroxyl groups is 1. The lowest BCUT2D eigenvalue weighted by atomic mass is 9.94. The Morgan fingerprint density at radius 1 is 1.24 bits per heavy atom. The Kier molecular flexibility index (Phi) is 4.98. The van der Waals surface area contributed by atoms with Gasteiger partial charge in [-0.3, -0.25) is 5.32 Å². The normalized spacial score (nSPS) is 19.1. The van der Waals surface area contributed by atoms with Gasteiger partial charge in [-0.2, -0.15) is 0 Å². The second-order valence-electron chi connectivity index (χ2n) is 4.81. The van der Waals surface area contributed by atoms with E-state index in [-0.39, 0.29) is 6.23 Å². The molecule has 0 aromatic heterocycles. The Morgan fingerprint density at radius 3 is 2.65 bits per heavy atom. The molecule has 1 fully saturated rings. The van der Waals surface area contributed by atoms with Crippen molar-refractivity contribution in [2.45, 2.75) is 32.0 Å². The van der Waals surface area contributed by atoms with Gasteiger partial charge in [0.15, 0.2) is 0 Å². The van der Waals surface area contributed by atoms with E-state index in [1.54, 1.807) is 0 Å². The third-order valence-corrected chi connectivity index (χ3v) is 3.40. The molecule has 0 amide bonds. The Morgan fingerprint density at radius 2 is 1.94 bits per heavy atom. The van der Waals surface area contributed by atoms with Crippen LogP contribution in [-0.4, -0.2) is 24.4 Å². The zero-order chi connectivity index (χ0) is 11.9. The highest BCUT2D eigenvalue weighted by atomic mass is 16.3. The van der Waals surface area contributed by atoms with Crippen LogP contribution in [0.2, 0.25) is 0 Å². The number of aliphatic hydroxyl groups excluding tert-OH is 1. The molecule has 0 bridgehead atoms. The van der Waals surface area contributed by atoms with Crippen LogP contribution in [0.25, 0.3) is 0 Å². The summed E-state index contributed by atoms with van der Waals surface area (Å²) in [5.74, 6) is 0.662. The first-order chi connectivity index (χ1) is 8.34. The Hall–Kier alpha value is -0.900. The average Bonchev–Trinajstić information content (AvgIpc) is 2.39. The Bertz CT molecular complexity index is 309. The summed E-state index contributed by atoms with van der Waals surface area (Å²) in [5, 5.41) is 16.5. The zero-order valence-corrected chi connectivity index (χ0v) is 10.2. The first kappa shape index (κ1) is 12.6. The minimum atomic E-state index is -0.377. The summed E-state index contributed by atoms with van der Waals surface area (Å²) in [7, 11) is 0. The van der Waals surface area contributed by atoms with Crippen molar-refractivity contribution >= 4 is 0 Å². The molecule has 3 nitrogen and oxygen atoms in total. The maximum atomic E-state index is 9.93. The lowest BCUT2D eigenvalue weighted by Gasteiger charge is -2.25. The fourth-order valence-electron chi connectivity index (χ4n) is 2.35. The van der Waals surface area contributed by atoms with Gasteiger partial charge in [-0.15, -0.1) is 0 Å². The SMILES string of the molecule is OC(CC1CCNCC1)NCc1ccccc1. The van der Waals surface area contributed by atoms with Gasteiger partial charge < -0.3 is 10.4 Å². The number of piperidine rings is 1. The van der Waals surface area contributed by atoms with Gasteiger partial charge in [0.25, 0.3) is 0 Å². The van der Waals surface area contributed by atoms with Crippen LogP contribution in [0.3, 0.4) is 0 Å². The zero-order valence-electron chi connectivity index (χ0n) is 10.2. The molecule has 0 radical (unpaired) electrons. The van der Waals surface area contributed by atoms with Crippen molar-refractivity contribution in [3.05, 3.63) is 35.9 Å². The standard InChI is InChI=1S/C14H22N2O/c17-14(10-12-6-8-15-9-7-12)16-11-13-4-2-1-3-5-13/h1-5,12,14-17H,6-11H2. The summed E-state index contributed by atoms with van der Waals surface area (Å²) in [6.07, 6.45) is 2.86.